The summed E-state index contributed by atoms with van der Waals surface area (Å²) in [6.07, 6.45) is 0. The van der Waals surface area contributed by atoms with Crippen LogP contribution in [0.1, 0.15) is 19.7 Å². The molecule has 0 aromatic carbocycles. The summed E-state index contributed by atoms with van der Waals surface area (Å²) in [6, 6.07) is 0. The van der Waals surface area contributed by atoms with Gasteiger partial charge in [-0.3, -0.25) is 0 Å². The van der Waals surface area contributed by atoms with E-state index in [0.29, 0.717) is 12.4 Å². The standard InChI is InChI=1S/C6H12N4O/c1-5-7-8-9-10(5)4-6(2,3)11/h11H,4H2,1-3H3. The Morgan fingerprint density at radius 1 is 1.55 bits per heavy atom. The Kier molecular flexibility index (Phi) is 1.90. The minimum absolute atomic E-state index is 0.422. The van der Waals surface area contributed by atoms with E-state index in [1.807, 2.05) is 0 Å². The molecule has 0 unspecified atom stereocenters. The Balaban J connectivity index is 2.72. The third kappa shape index (κ3) is 2.27. The highest BCUT2D eigenvalue weighted by molar-refractivity contribution is 4.76. The lowest BCUT2D eigenvalue weighted by Gasteiger charge is -2.16. The normalized spacial score (nSPS) is 12.0. The Hall–Kier alpha value is -0.970. The summed E-state index contributed by atoms with van der Waals surface area (Å²) < 4.78 is 1.57. The molecule has 0 atom stereocenters. The number of rotatable bonds is 2. The van der Waals surface area contributed by atoms with Crippen LogP contribution in [0.15, 0.2) is 0 Å². The van der Waals surface area contributed by atoms with Gasteiger partial charge in [0.25, 0.3) is 0 Å². The van der Waals surface area contributed by atoms with Gasteiger partial charge >= 0.3 is 0 Å². The van der Waals surface area contributed by atoms with Gasteiger partial charge in [-0.2, -0.15) is 0 Å². The highest BCUT2D eigenvalue weighted by Crippen LogP contribution is 2.04. The smallest absolute Gasteiger partial charge is 0.148 e. The van der Waals surface area contributed by atoms with E-state index in [-0.39, 0.29) is 0 Å². The van der Waals surface area contributed by atoms with Crippen molar-refractivity contribution in [1.82, 2.24) is 20.2 Å². The van der Waals surface area contributed by atoms with Crippen molar-refractivity contribution < 1.29 is 5.11 Å². The number of tetrazole rings is 1. The van der Waals surface area contributed by atoms with Gasteiger partial charge < -0.3 is 5.11 Å². The van der Waals surface area contributed by atoms with Gasteiger partial charge in [0, 0.05) is 0 Å². The van der Waals surface area contributed by atoms with Gasteiger partial charge in [0.15, 0.2) is 0 Å². The predicted octanol–water partition coefficient (Wildman–Crippen LogP) is -0.248. The number of hydrogen-bond acceptors (Lipinski definition) is 4. The fourth-order valence-corrected chi connectivity index (χ4v) is 0.762. The van der Waals surface area contributed by atoms with Gasteiger partial charge in [-0.15, -0.1) is 5.10 Å². The van der Waals surface area contributed by atoms with Crippen LogP contribution < -0.4 is 0 Å². The molecular formula is C6H12N4O. The highest BCUT2D eigenvalue weighted by Gasteiger charge is 2.15. The minimum atomic E-state index is -0.764. The molecule has 0 radical (unpaired) electrons. The molecule has 62 valence electrons. The molecule has 0 aliphatic carbocycles. The molecular weight excluding hydrogens is 144 g/mol. The lowest BCUT2D eigenvalue weighted by atomic mass is 10.1. The van der Waals surface area contributed by atoms with E-state index in [9.17, 15) is 5.11 Å². The average Bonchev–Trinajstić information content (AvgIpc) is 2.12. The maximum atomic E-state index is 9.40. The molecule has 0 saturated carbocycles. The van der Waals surface area contributed by atoms with Crippen LogP contribution in [0, 0.1) is 6.92 Å². The Morgan fingerprint density at radius 2 is 2.18 bits per heavy atom. The van der Waals surface area contributed by atoms with E-state index in [2.05, 4.69) is 15.5 Å². The molecule has 0 fully saturated rings. The number of hydrogen-bond donors (Lipinski definition) is 1. The van der Waals surface area contributed by atoms with Crippen molar-refractivity contribution in [3.05, 3.63) is 5.82 Å². The van der Waals surface area contributed by atoms with Crippen molar-refractivity contribution in [2.75, 3.05) is 0 Å². The van der Waals surface area contributed by atoms with E-state index in [4.69, 9.17) is 0 Å². The molecule has 1 N–H and O–H groups in total. The van der Waals surface area contributed by atoms with Crippen molar-refractivity contribution in [2.45, 2.75) is 32.9 Å². The molecule has 0 saturated heterocycles. The van der Waals surface area contributed by atoms with Gasteiger partial charge in [-0.1, -0.05) is 0 Å². The first-order valence-corrected chi connectivity index (χ1v) is 3.44. The second-order valence-corrected chi connectivity index (χ2v) is 3.20. The van der Waals surface area contributed by atoms with Crippen LogP contribution in [-0.4, -0.2) is 30.9 Å². The molecule has 1 aromatic heterocycles. The predicted molar refractivity (Wildman–Crippen MR) is 38.9 cm³/mol. The molecule has 5 heteroatoms. The number of nitrogens with zero attached hydrogens (tertiary/aromatic N) is 4. The van der Waals surface area contributed by atoms with Gasteiger partial charge in [-0.05, 0) is 31.2 Å². The van der Waals surface area contributed by atoms with Crippen LogP contribution in [0.3, 0.4) is 0 Å². The molecule has 1 rings (SSSR count). The molecule has 0 amide bonds. The third-order valence-electron chi connectivity index (χ3n) is 1.25. The van der Waals surface area contributed by atoms with Crippen molar-refractivity contribution in [3.63, 3.8) is 0 Å². The summed E-state index contributed by atoms with van der Waals surface area (Å²) in [5.74, 6) is 0.715. The van der Waals surface area contributed by atoms with Crippen LogP contribution in [0.4, 0.5) is 0 Å². The summed E-state index contributed by atoms with van der Waals surface area (Å²) in [7, 11) is 0. The number of aliphatic hydroxyl groups is 1. The highest BCUT2D eigenvalue weighted by atomic mass is 16.3. The average molecular weight is 156 g/mol. The minimum Gasteiger partial charge on any atom is -0.389 e. The fourth-order valence-electron chi connectivity index (χ4n) is 0.762. The summed E-state index contributed by atoms with van der Waals surface area (Å²) >= 11 is 0. The lowest BCUT2D eigenvalue weighted by molar-refractivity contribution is 0.0564. The number of aryl methyl sites for hydroxylation is 1. The van der Waals surface area contributed by atoms with Crippen LogP contribution in [0.5, 0.6) is 0 Å². The molecule has 5 nitrogen and oxygen atoms in total. The maximum absolute atomic E-state index is 9.40. The molecule has 11 heavy (non-hydrogen) atoms. The topological polar surface area (TPSA) is 63.8 Å². The van der Waals surface area contributed by atoms with Crippen LogP contribution >= 0.6 is 0 Å². The van der Waals surface area contributed by atoms with Gasteiger partial charge in [0.05, 0.1) is 12.1 Å². The second-order valence-electron chi connectivity index (χ2n) is 3.20. The van der Waals surface area contributed by atoms with Crippen molar-refractivity contribution in [1.29, 1.82) is 0 Å². The van der Waals surface area contributed by atoms with Crippen molar-refractivity contribution in [2.24, 2.45) is 0 Å². The quantitative estimate of drug-likeness (QED) is 0.641. The van der Waals surface area contributed by atoms with Crippen LogP contribution in [-0.2, 0) is 6.54 Å². The Bertz CT molecular complexity index is 237. The van der Waals surface area contributed by atoms with E-state index in [1.165, 1.54) is 0 Å². The SMILES string of the molecule is Cc1nnnn1CC(C)(C)O. The molecule has 0 spiro atoms. The largest absolute Gasteiger partial charge is 0.389 e. The summed E-state index contributed by atoms with van der Waals surface area (Å²) in [6.45, 7) is 5.65. The molecule has 0 bridgehead atoms. The maximum Gasteiger partial charge on any atom is 0.148 e. The van der Waals surface area contributed by atoms with Crippen LogP contribution in [0.2, 0.25) is 0 Å². The third-order valence-corrected chi connectivity index (χ3v) is 1.25. The summed E-state index contributed by atoms with van der Waals surface area (Å²) in [5, 5.41) is 20.2. The monoisotopic (exact) mass is 156 g/mol. The first-order valence-electron chi connectivity index (χ1n) is 3.44. The van der Waals surface area contributed by atoms with Gasteiger partial charge in [0.2, 0.25) is 0 Å². The van der Waals surface area contributed by atoms with E-state index in [1.54, 1.807) is 25.5 Å². The van der Waals surface area contributed by atoms with Crippen molar-refractivity contribution >= 4 is 0 Å². The zero-order valence-electron chi connectivity index (χ0n) is 6.94. The van der Waals surface area contributed by atoms with Gasteiger partial charge in [-0.25, -0.2) is 4.68 Å². The Morgan fingerprint density at radius 3 is 2.55 bits per heavy atom. The summed E-state index contributed by atoms with van der Waals surface area (Å²) in [5.41, 5.74) is -0.764. The lowest BCUT2D eigenvalue weighted by Crippen LogP contribution is -2.27. The number of aromatic nitrogens is 4. The molecule has 0 aliphatic heterocycles. The summed E-state index contributed by atoms with van der Waals surface area (Å²) in [4.78, 5) is 0. The fraction of sp³-hybridized carbons (Fsp3) is 0.833. The van der Waals surface area contributed by atoms with E-state index < -0.39 is 5.60 Å². The zero-order valence-corrected chi connectivity index (χ0v) is 6.94. The molecule has 1 aromatic rings. The van der Waals surface area contributed by atoms with E-state index >= 15 is 0 Å². The zero-order chi connectivity index (χ0) is 8.48. The van der Waals surface area contributed by atoms with E-state index in [0.717, 1.165) is 0 Å². The van der Waals surface area contributed by atoms with Gasteiger partial charge in [0.1, 0.15) is 5.82 Å². The van der Waals surface area contributed by atoms with Crippen molar-refractivity contribution in [3.8, 4) is 0 Å². The van der Waals surface area contributed by atoms with Crippen LogP contribution in [0.25, 0.3) is 0 Å². The molecule has 1 heterocycles. The first kappa shape index (κ1) is 8.13. The molecule has 0 aliphatic rings. The Labute approximate surface area is 65.0 Å². The second kappa shape index (κ2) is 2.58. The first-order chi connectivity index (χ1) is 4.99.